The van der Waals surface area contributed by atoms with Gasteiger partial charge in [-0.2, -0.15) is 0 Å². The molecular formula is C18H32IN5O2. The molecule has 26 heavy (non-hydrogen) atoms. The summed E-state index contributed by atoms with van der Waals surface area (Å²) < 4.78 is 5.20. The highest BCUT2D eigenvalue weighted by atomic mass is 127. The molecule has 1 aromatic heterocycles. The van der Waals surface area contributed by atoms with Crippen LogP contribution in [0.1, 0.15) is 50.1 Å². The van der Waals surface area contributed by atoms with Crippen LogP contribution in [0, 0.1) is 13.8 Å². The molecule has 1 atom stereocenters. The standard InChI is InChI=1S/C18H31N5O2.HI/c1-5-17(24)23-11-9-15(12-23)21-18(19-6-2)20-10-7-8-16-13(3)22-25-14(16)4;/h15H,5-12H2,1-4H3,(H2,19,20,21);1H. The van der Waals surface area contributed by atoms with Gasteiger partial charge in [0.1, 0.15) is 5.76 Å². The van der Waals surface area contributed by atoms with Crippen LogP contribution in [0.5, 0.6) is 0 Å². The van der Waals surface area contributed by atoms with Gasteiger partial charge in [-0.3, -0.25) is 9.79 Å². The van der Waals surface area contributed by atoms with E-state index < -0.39 is 0 Å². The quantitative estimate of drug-likeness (QED) is 0.273. The lowest BCUT2D eigenvalue weighted by molar-refractivity contribution is -0.129. The highest BCUT2D eigenvalue weighted by Gasteiger charge is 2.25. The second-order valence-corrected chi connectivity index (χ2v) is 6.49. The van der Waals surface area contributed by atoms with Crippen molar-refractivity contribution in [2.75, 3.05) is 26.2 Å². The maximum Gasteiger partial charge on any atom is 0.222 e. The van der Waals surface area contributed by atoms with Gasteiger partial charge in [-0.25, -0.2) is 0 Å². The van der Waals surface area contributed by atoms with Crippen LogP contribution in [0.3, 0.4) is 0 Å². The molecule has 0 aromatic carbocycles. The normalized spacial score (nSPS) is 17.2. The predicted octanol–water partition coefficient (Wildman–Crippen LogP) is 2.41. The summed E-state index contributed by atoms with van der Waals surface area (Å²) in [6, 6.07) is 0.274. The van der Waals surface area contributed by atoms with Crippen molar-refractivity contribution < 1.29 is 9.32 Å². The summed E-state index contributed by atoms with van der Waals surface area (Å²) >= 11 is 0. The zero-order chi connectivity index (χ0) is 18.2. The number of aliphatic imine (C=N–C) groups is 1. The van der Waals surface area contributed by atoms with E-state index in [2.05, 4.69) is 27.7 Å². The SMILES string of the molecule is CCNC(=NCCCc1c(C)noc1C)NC1CCN(C(=O)CC)C1.I. The smallest absolute Gasteiger partial charge is 0.222 e. The molecule has 0 saturated carbocycles. The number of nitrogens with one attached hydrogen (secondary N) is 2. The second-order valence-electron chi connectivity index (χ2n) is 6.49. The third-order valence-electron chi connectivity index (χ3n) is 4.56. The molecule has 2 heterocycles. The molecule has 0 radical (unpaired) electrons. The van der Waals surface area contributed by atoms with Crippen LogP contribution < -0.4 is 10.6 Å². The van der Waals surface area contributed by atoms with E-state index >= 15 is 0 Å². The van der Waals surface area contributed by atoms with Crippen LogP contribution in [0.2, 0.25) is 0 Å². The first-order valence-corrected chi connectivity index (χ1v) is 9.29. The molecule has 0 aliphatic carbocycles. The van der Waals surface area contributed by atoms with E-state index in [4.69, 9.17) is 4.52 Å². The molecule has 1 amide bonds. The van der Waals surface area contributed by atoms with Gasteiger partial charge in [-0.05, 0) is 40.0 Å². The number of amides is 1. The number of aryl methyl sites for hydroxylation is 2. The van der Waals surface area contributed by atoms with Gasteiger partial charge in [-0.1, -0.05) is 12.1 Å². The molecule has 7 nitrogen and oxygen atoms in total. The molecule has 1 aliphatic rings. The Kier molecular flexibility index (Phi) is 9.97. The number of aromatic nitrogens is 1. The van der Waals surface area contributed by atoms with E-state index in [0.717, 1.165) is 62.9 Å². The van der Waals surface area contributed by atoms with Gasteiger partial charge in [-0.15, -0.1) is 24.0 Å². The molecule has 1 aromatic rings. The van der Waals surface area contributed by atoms with Gasteiger partial charge >= 0.3 is 0 Å². The Morgan fingerprint density at radius 3 is 2.77 bits per heavy atom. The minimum atomic E-state index is 0. The van der Waals surface area contributed by atoms with Crippen LogP contribution in [-0.4, -0.2) is 54.1 Å². The van der Waals surface area contributed by atoms with Gasteiger partial charge in [0.15, 0.2) is 5.96 Å². The summed E-state index contributed by atoms with van der Waals surface area (Å²) in [4.78, 5) is 18.4. The van der Waals surface area contributed by atoms with Crippen molar-refractivity contribution in [1.29, 1.82) is 0 Å². The van der Waals surface area contributed by atoms with E-state index in [1.54, 1.807) is 0 Å². The van der Waals surface area contributed by atoms with Gasteiger partial charge in [0.05, 0.1) is 5.69 Å². The van der Waals surface area contributed by atoms with Crippen LogP contribution >= 0.6 is 24.0 Å². The average Bonchev–Trinajstić information content (AvgIpc) is 3.19. The summed E-state index contributed by atoms with van der Waals surface area (Å²) in [7, 11) is 0. The summed E-state index contributed by atoms with van der Waals surface area (Å²) in [5, 5.41) is 10.7. The molecule has 1 unspecified atom stereocenters. The van der Waals surface area contributed by atoms with Crippen LogP contribution in [-0.2, 0) is 11.2 Å². The van der Waals surface area contributed by atoms with E-state index in [0.29, 0.717) is 6.42 Å². The first-order chi connectivity index (χ1) is 12.0. The van der Waals surface area contributed by atoms with Crippen LogP contribution in [0.15, 0.2) is 9.52 Å². The van der Waals surface area contributed by atoms with E-state index in [1.165, 1.54) is 5.56 Å². The van der Waals surface area contributed by atoms with Crippen LogP contribution in [0.4, 0.5) is 0 Å². The lowest BCUT2D eigenvalue weighted by Crippen LogP contribution is -2.45. The first kappa shape index (κ1) is 22.7. The van der Waals surface area contributed by atoms with E-state index in [-0.39, 0.29) is 35.9 Å². The summed E-state index contributed by atoms with van der Waals surface area (Å²) in [5.74, 6) is 1.96. The van der Waals surface area contributed by atoms with Crippen molar-refractivity contribution in [2.24, 2.45) is 4.99 Å². The molecule has 148 valence electrons. The third kappa shape index (κ3) is 6.44. The average molecular weight is 477 g/mol. The predicted molar refractivity (Wildman–Crippen MR) is 114 cm³/mol. The molecule has 1 fully saturated rings. The minimum absolute atomic E-state index is 0. The van der Waals surface area contributed by atoms with Crippen molar-refractivity contribution in [1.82, 2.24) is 20.7 Å². The third-order valence-corrected chi connectivity index (χ3v) is 4.56. The molecule has 1 aliphatic heterocycles. The Morgan fingerprint density at radius 2 is 2.15 bits per heavy atom. The maximum atomic E-state index is 11.8. The van der Waals surface area contributed by atoms with E-state index in [9.17, 15) is 4.79 Å². The topological polar surface area (TPSA) is 82.8 Å². The van der Waals surface area contributed by atoms with Crippen LogP contribution in [0.25, 0.3) is 0 Å². The fourth-order valence-electron chi connectivity index (χ4n) is 3.15. The fourth-order valence-corrected chi connectivity index (χ4v) is 3.15. The lowest BCUT2D eigenvalue weighted by Gasteiger charge is -2.18. The number of guanidine groups is 1. The molecule has 2 rings (SSSR count). The minimum Gasteiger partial charge on any atom is -0.361 e. The van der Waals surface area contributed by atoms with Gasteiger partial charge in [0.2, 0.25) is 5.91 Å². The van der Waals surface area contributed by atoms with Crippen molar-refractivity contribution in [3.05, 3.63) is 17.0 Å². The van der Waals surface area contributed by atoms with Gasteiger partial charge in [0, 0.05) is 44.2 Å². The Bertz CT molecular complexity index is 583. The molecule has 0 bridgehead atoms. The molecular weight excluding hydrogens is 445 g/mol. The number of hydrogen-bond donors (Lipinski definition) is 2. The summed E-state index contributed by atoms with van der Waals surface area (Å²) in [6.07, 6.45) is 3.41. The number of rotatable bonds is 7. The fraction of sp³-hybridized carbons (Fsp3) is 0.722. The van der Waals surface area contributed by atoms with E-state index in [1.807, 2.05) is 25.7 Å². The lowest BCUT2D eigenvalue weighted by atomic mass is 10.1. The van der Waals surface area contributed by atoms with Gasteiger partial charge < -0.3 is 20.1 Å². The number of nitrogens with zero attached hydrogens (tertiary/aromatic N) is 3. The molecule has 2 N–H and O–H groups in total. The first-order valence-electron chi connectivity index (χ1n) is 9.29. The van der Waals surface area contributed by atoms with Crippen molar-refractivity contribution >= 4 is 35.8 Å². The number of carbonyl (C=O) groups excluding carboxylic acids is 1. The Labute approximate surface area is 173 Å². The number of hydrogen-bond acceptors (Lipinski definition) is 4. The maximum absolute atomic E-state index is 11.8. The monoisotopic (exact) mass is 477 g/mol. The highest BCUT2D eigenvalue weighted by molar-refractivity contribution is 14.0. The summed E-state index contributed by atoms with van der Waals surface area (Å²) in [5.41, 5.74) is 2.16. The van der Waals surface area contributed by atoms with Crippen molar-refractivity contribution in [3.63, 3.8) is 0 Å². The van der Waals surface area contributed by atoms with Crippen molar-refractivity contribution in [2.45, 2.75) is 59.4 Å². The molecule has 0 spiro atoms. The Hall–Kier alpha value is -1.32. The Morgan fingerprint density at radius 1 is 1.38 bits per heavy atom. The zero-order valence-corrected chi connectivity index (χ0v) is 18.6. The number of halogens is 1. The number of carbonyl (C=O) groups is 1. The molecule has 1 saturated heterocycles. The second kappa shape index (κ2) is 11.4. The zero-order valence-electron chi connectivity index (χ0n) is 16.3. The van der Waals surface area contributed by atoms with Crippen molar-refractivity contribution in [3.8, 4) is 0 Å². The number of likely N-dealkylation sites (tertiary alicyclic amines) is 1. The largest absolute Gasteiger partial charge is 0.361 e. The highest BCUT2D eigenvalue weighted by Crippen LogP contribution is 2.14. The Balaban J connectivity index is 0.00000338. The molecule has 8 heteroatoms. The van der Waals surface area contributed by atoms with Gasteiger partial charge in [0.25, 0.3) is 0 Å². The summed E-state index contributed by atoms with van der Waals surface area (Å²) in [6.45, 7) is 11.0.